The highest BCUT2D eigenvalue weighted by atomic mass is 19.1. The van der Waals surface area contributed by atoms with Gasteiger partial charge in [-0.05, 0) is 148 Å². The second-order valence-corrected chi connectivity index (χ2v) is 18.3. The van der Waals surface area contributed by atoms with E-state index in [4.69, 9.17) is 9.72 Å². The fourth-order valence-electron chi connectivity index (χ4n) is 9.93. The first kappa shape index (κ1) is 41.7. The minimum absolute atomic E-state index is 0.206. The summed E-state index contributed by atoms with van der Waals surface area (Å²) in [5.41, 5.74) is 16.5. The number of para-hydroxylation sites is 3. The van der Waals surface area contributed by atoms with Gasteiger partial charge in [-0.1, -0.05) is 125 Å². The quantitative estimate of drug-likeness (QED) is 0.137. The van der Waals surface area contributed by atoms with Gasteiger partial charge < -0.3 is 14.5 Å². The molecule has 328 valence electrons. The lowest BCUT2D eigenvalue weighted by molar-refractivity contribution is 0.483. The molecule has 0 N–H and O–H groups in total. The van der Waals surface area contributed by atoms with Gasteiger partial charge in [-0.15, -0.1) is 0 Å². The summed E-state index contributed by atoms with van der Waals surface area (Å²) in [5.74, 6) is 2.51. The topological polar surface area (TPSA) is 33.5 Å². The Balaban J connectivity index is 1.07. The number of hydrogen-bond donors (Lipinski definition) is 0. The summed E-state index contributed by atoms with van der Waals surface area (Å²) < 4.78 is 23.9. The highest BCUT2D eigenvalue weighted by Gasteiger charge is 2.33. The molecule has 11 rings (SSSR count). The van der Waals surface area contributed by atoms with E-state index in [9.17, 15) is 4.39 Å². The van der Waals surface area contributed by atoms with E-state index in [2.05, 4.69) is 207 Å². The molecule has 1 aliphatic rings. The van der Waals surface area contributed by atoms with Gasteiger partial charge in [0.2, 0.25) is 0 Å². The first-order valence-electron chi connectivity index (χ1n) is 23.2. The number of aryl methyl sites for hydroxylation is 1. The molecule has 0 bridgehead atoms. The maximum Gasteiger partial charge on any atom is 0.137 e. The van der Waals surface area contributed by atoms with Gasteiger partial charge in [-0.3, -0.25) is 4.57 Å². The number of rotatable bonds is 10. The van der Waals surface area contributed by atoms with Crippen molar-refractivity contribution in [3.63, 3.8) is 0 Å². The van der Waals surface area contributed by atoms with Crippen LogP contribution in [-0.4, -0.2) is 16.2 Å². The van der Waals surface area contributed by atoms with Crippen molar-refractivity contribution in [3.8, 4) is 50.7 Å². The molecule has 10 aromatic rings. The molecule has 5 nitrogen and oxygen atoms in total. The third-order valence-electron chi connectivity index (χ3n) is 13.1. The van der Waals surface area contributed by atoms with Crippen LogP contribution in [0.3, 0.4) is 0 Å². The molecule has 1 aliphatic heterocycles. The third kappa shape index (κ3) is 7.68. The average Bonchev–Trinajstić information content (AvgIpc) is 3.90. The molecular formula is C61H51FN4O. The van der Waals surface area contributed by atoms with Gasteiger partial charge in [-0.2, -0.15) is 0 Å². The Morgan fingerprint density at radius 1 is 0.507 bits per heavy atom. The Hall–Kier alpha value is -7.96. The highest BCUT2D eigenvalue weighted by molar-refractivity contribution is 6.09. The Morgan fingerprint density at radius 3 is 1.90 bits per heavy atom. The summed E-state index contributed by atoms with van der Waals surface area (Å²) in [6.07, 6.45) is 1.87. The molecule has 0 aliphatic carbocycles. The molecule has 3 heterocycles. The number of fused-ring (bicyclic) bond motifs is 4. The average molecular weight is 875 g/mol. The van der Waals surface area contributed by atoms with Crippen LogP contribution >= 0.6 is 0 Å². The van der Waals surface area contributed by atoms with Gasteiger partial charge >= 0.3 is 0 Å². The Kier molecular flexibility index (Phi) is 10.7. The highest BCUT2D eigenvalue weighted by Crippen LogP contribution is 2.51. The van der Waals surface area contributed by atoms with Gasteiger partial charge in [0.1, 0.15) is 29.8 Å². The van der Waals surface area contributed by atoms with Crippen molar-refractivity contribution in [2.45, 2.75) is 46.5 Å². The SMILES string of the molecule is Cc1ccnc(-n2c3ccccc3c3ccc(Oc4cc(-c5ccccc5-c5ccccc5)cc(N5CN(c6c(C(C)C)cc(-c7cccc(F)c7)cc6C(C)C)c6ccccc65)c4)cc32)c1. The summed E-state index contributed by atoms with van der Waals surface area (Å²) in [4.78, 5) is 9.72. The van der Waals surface area contributed by atoms with Crippen molar-refractivity contribution in [3.05, 3.63) is 217 Å². The fraction of sp³-hybridized carbons (Fsp3) is 0.131. The van der Waals surface area contributed by atoms with Gasteiger partial charge in [0.05, 0.1) is 22.4 Å². The predicted octanol–water partition coefficient (Wildman–Crippen LogP) is 16.9. The maximum absolute atomic E-state index is 14.6. The molecule has 0 amide bonds. The van der Waals surface area contributed by atoms with E-state index in [0.29, 0.717) is 6.67 Å². The van der Waals surface area contributed by atoms with Gasteiger partial charge in [0, 0.05) is 40.5 Å². The first-order chi connectivity index (χ1) is 32.7. The van der Waals surface area contributed by atoms with Crippen LogP contribution in [-0.2, 0) is 0 Å². The van der Waals surface area contributed by atoms with Crippen LogP contribution in [0.15, 0.2) is 194 Å². The summed E-state index contributed by atoms with van der Waals surface area (Å²) in [7, 11) is 0. The third-order valence-corrected chi connectivity index (χ3v) is 13.1. The van der Waals surface area contributed by atoms with Crippen LogP contribution in [0.25, 0.3) is 61.0 Å². The van der Waals surface area contributed by atoms with Gasteiger partial charge in [-0.25, -0.2) is 9.37 Å². The number of aromatic nitrogens is 2. The number of anilines is 4. The zero-order valence-corrected chi connectivity index (χ0v) is 38.4. The molecule has 0 atom stereocenters. The Morgan fingerprint density at radius 2 is 1.16 bits per heavy atom. The first-order valence-corrected chi connectivity index (χ1v) is 23.2. The van der Waals surface area contributed by atoms with Crippen molar-refractivity contribution < 1.29 is 9.13 Å². The lowest BCUT2D eigenvalue weighted by Crippen LogP contribution is -2.26. The number of ether oxygens (including phenoxy) is 1. The standard InChI is InChI=1S/C61H51FN4O/c1-39(2)54-34-44(43-18-15-19-46(62)31-43)35-55(40(3)4)61(54)65-38-64(57-24-13-14-25-58(57)65)47-32-45(51-21-10-9-20-50(51)42-16-7-6-8-17-42)33-49(36-47)67-48-26-27-53-52-22-11-12-23-56(52)66(59(53)37-48)60-30-41(5)28-29-63-60/h6-37,39-40H,38H2,1-5H3. The van der Waals surface area contributed by atoms with Crippen LogP contribution in [0.4, 0.5) is 27.1 Å². The monoisotopic (exact) mass is 874 g/mol. The molecule has 0 saturated carbocycles. The van der Waals surface area contributed by atoms with E-state index in [1.54, 1.807) is 12.1 Å². The van der Waals surface area contributed by atoms with Crippen LogP contribution in [0.2, 0.25) is 0 Å². The largest absolute Gasteiger partial charge is 0.457 e. The summed E-state index contributed by atoms with van der Waals surface area (Å²) in [6.45, 7) is 11.7. The van der Waals surface area contributed by atoms with E-state index < -0.39 is 0 Å². The Bertz CT molecular complexity index is 3450. The molecule has 0 unspecified atom stereocenters. The van der Waals surface area contributed by atoms with Crippen molar-refractivity contribution in [1.29, 1.82) is 0 Å². The second-order valence-electron chi connectivity index (χ2n) is 18.3. The van der Waals surface area contributed by atoms with Crippen LogP contribution < -0.4 is 14.5 Å². The number of nitrogens with zero attached hydrogens (tertiary/aromatic N) is 4. The van der Waals surface area contributed by atoms with E-state index >= 15 is 0 Å². The van der Waals surface area contributed by atoms with Gasteiger partial charge in [0.15, 0.2) is 0 Å². The van der Waals surface area contributed by atoms with E-state index in [1.165, 1.54) is 22.9 Å². The number of hydrogen-bond acceptors (Lipinski definition) is 4. The molecule has 0 fully saturated rings. The lowest BCUT2D eigenvalue weighted by Gasteiger charge is -2.30. The maximum atomic E-state index is 14.6. The molecule has 2 aromatic heterocycles. The van der Waals surface area contributed by atoms with E-state index in [0.717, 1.165) is 95.1 Å². The number of halogens is 1. The normalized spacial score (nSPS) is 12.5. The van der Waals surface area contributed by atoms with Crippen LogP contribution in [0.5, 0.6) is 11.5 Å². The second kappa shape index (κ2) is 17.1. The van der Waals surface area contributed by atoms with Crippen LogP contribution in [0, 0.1) is 12.7 Å². The van der Waals surface area contributed by atoms with Crippen molar-refractivity contribution >= 4 is 44.6 Å². The summed E-state index contributed by atoms with van der Waals surface area (Å²) in [5, 5.41) is 2.30. The van der Waals surface area contributed by atoms with Crippen molar-refractivity contribution in [2.24, 2.45) is 0 Å². The molecule has 67 heavy (non-hydrogen) atoms. The zero-order chi connectivity index (χ0) is 45.8. The minimum Gasteiger partial charge on any atom is -0.457 e. The molecule has 8 aromatic carbocycles. The summed E-state index contributed by atoms with van der Waals surface area (Å²) in [6, 6.07) is 65.1. The van der Waals surface area contributed by atoms with Crippen molar-refractivity contribution in [1.82, 2.24) is 9.55 Å². The van der Waals surface area contributed by atoms with Crippen molar-refractivity contribution in [2.75, 3.05) is 16.5 Å². The lowest BCUT2D eigenvalue weighted by atomic mass is 9.87. The van der Waals surface area contributed by atoms with Crippen LogP contribution in [0.1, 0.15) is 56.2 Å². The number of pyridine rings is 1. The zero-order valence-electron chi connectivity index (χ0n) is 38.4. The number of benzene rings is 8. The molecule has 0 saturated heterocycles. The van der Waals surface area contributed by atoms with Gasteiger partial charge in [0.25, 0.3) is 0 Å². The molecule has 0 spiro atoms. The van der Waals surface area contributed by atoms with E-state index in [-0.39, 0.29) is 17.7 Å². The molecule has 6 heteroatoms. The Labute approximate surface area is 392 Å². The summed E-state index contributed by atoms with van der Waals surface area (Å²) >= 11 is 0. The molecular weight excluding hydrogens is 824 g/mol. The molecule has 0 radical (unpaired) electrons. The minimum atomic E-state index is -0.233. The smallest absolute Gasteiger partial charge is 0.137 e. The fourth-order valence-corrected chi connectivity index (χ4v) is 9.93. The predicted molar refractivity (Wildman–Crippen MR) is 276 cm³/mol. The van der Waals surface area contributed by atoms with E-state index in [1.807, 2.05) is 18.3 Å².